The quantitative estimate of drug-likeness (QED) is 0.141. The van der Waals surface area contributed by atoms with E-state index in [0.29, 0.717) is 22.6 Å². The summed E-state index contributed by atoms with van der Waals surface area (Å²) < 4.78 is 88.1. The first-order valence-electron chi connectivity index (χ1n) is 18.5. The number of carboxylic acid groups (broad SMARTS) is 1. The SMILES string of the molecule is COc1cccc(CCN2CCC(c3ccccc3)CC2)c1-c1cccc2c(C[C@H](NC(=O)C3(C(F)(F)F)CCN(CC(F)(F)F)CC3)C(=O)O)cccc12. The molecule has 7 nitrogen and oxygen atoms in total. The number of rotatable bonds is 12. The van der Waals surface area contributed by atoms with Crippen molar-refractivity contribution in [2.24, 2.45) is 5.41 Å². The fourth-order valence-electron chi connectivity index (χ4n) is 8.23. The van der Waals surface area contributed by atoms with Gasteiger partial charge in [0.2, 0.25) is 5.91 Å². The number of aliphatic carboxylic acids is 1. The molecule has 55 heavy (non-hydrogen) atoms. The number of likely N-dealkylation sites (tertiary alicyclic amines) is 2. The van der Waals surface area contributed by atoms with E-state index in [-0.39, 0.29) is 6.42 Å². The molecule has 2 N–H and O–H groups in total. The second-order valence-corrected chi connectivity index (χ2v) is 14.6. The number of piperidine rings is 2. The largest absolute Gasteiger partial charge is 0.496 e. The highest BCUT2D eigenvalue weighted by Gasteiger charge is 2.61. The van der Waals surface area contributed by atoms with Gasteiger partial charge in [0.1, 0.15) is 17.2 Å². The maximum absolute atomic E-state index is 14.5. The molecule has 1 amide bonds. The molecule has 0 bridgehead atoms. The van der Waals surface area contributed by atoms with Gasteiger partial charge in [-0.25, -0.2) is 4.79 Å². The van der Waals surface area contributed by atoms with Crippen LogP contribution in [-0.2, 0) is 22.4 Å². The van der Waals surface area contributed by atoms with Gasteiger partial charge in [-0.2, -0.15) is 26.3 Å². The minimum atomic E-state index is -5.11. The lowest BCUT2D eigenvalue weighted by Gasteiger charge is -2.42. The summed E-state index contributed by atoms with van der Waals surface area (Å²) in [5.41, 5.74) is 1.64. The third-order valence-corrected chi connectivity index (χ3v) is 11.3. The minimum Gasteiger partial charge on any atom is -0.496 e. The molecule has 0 saturated carbocycles. The molecule has 294 valence electrons. The van der Waals surface area contributed by atoms with Crippen molar-refractivity contribution in [3.05, 3.63) is 102 Å². The summed E-state index contributed by atoms with van der Waals surface area (Å²) in [6, 6.07) is 25.6. The topological polar surface area (TPSA) is 82.1 Å². The van der Waals surface area contributed by atoms with Crippen LogP contribution in [0.3, 0.4) is 0 Å². The Bertz CT molecular complexity index is 1950. The first kappa shape index (κ1) is 40.1. The zero-order valence-electron chi connectivity index (χ0n) is 30.6. The number of benzene rings is 4. The van der Waals surface area contributed by atoms with Gasteiger partial charge in [0.25, 0.3) is 0 Å². The Kier molecular flexibility index (Phi) is 12.1. The van der Waals surface area contributed by atoms with Gasteiger partial charge in [0.15, 0.2) is 0 Å². The molecule has 0 radical (unpaired) electrons. The van der Waals surface area contributed by atoms with Crippen LogP contribution >= 0.6 is 0 Å². The fraction of sp³-hybridized carbons (Fsp3) is 0.429. The molecule has 0 spiro atoms. The number of ether oxygens (including phenoxy) is 1. The van der Waals surface area contributed by atoms with Gasteiger partial charge in [-0.3, -0.25) is 9.69 Å². The molecular formula is C42H45F6N3O4. The van der Waals surface area contributed by atoms with Crippen LogP contribution in [0.5, 0.6) is 5.75 Å². The number of nitrogens with zero attached hydrogens (tertiary/aromatic N) is 2. The number of amides is 1. The normalized spacial score (nSPS) is 17.9. The summed E-state index contributed by atoms with van der Waals surface area (Å²) in [6.45, 7) is 0.184. The van der Waals surface area contributed by atoms with Crippen LogP contribution in [0.4, 0.5) is 26.3 Å². The lowest BCUT2D eigenvalue weighted by molar-refractivity contribution is -0.236. The molecule has 6 rings (SSSR count). The third-order valence-electron chi connectivity index (χ3n) is 11.3. The number of hydrogen-bond donors (Lipinski definition) is 2. The summed E-state index contributed by atoms with van der Waals surface area (Å²) in [6.07, 6.45) is -8.97. The Hall–Kier alpha value is -4.62. The number of carbonyl (C=O) groups is 2. The number of methoxy groups -OCH3 is 1. The molecule has 4 aromatic carbocycles. The monoisotopic (exact) mass is 769 g/mol. The first-order valence-corrected chi connectivity index (χ1v) is 18.5. The summed E-state index contributed by atoms with van der Waals surface area (Å²) >= 11 is 0. The molecular weight excluding hydrogens is 724 g/mol. The molecule has 2 heterocycles. The Morgan fingerprint density at radius 1 is 0.818 bits per heavy atom. The van der Waals surface area contributed by atoms with Crippen LogP contribution in [-0.4, -0.2) is 91.6 Å². The average Bonchev–Trinajstić information content (AvgIpc) is 3.16. The van der Waals surface area contributed by atoms with Crippen molar-refractivity contribution in [1.82, 2.24) is 15.1 Å². The fourth-order valence-corrected chi connectivity index (χ4v) is 8.23. The lowest BCUT2D eigenvalue weighted by atomic mass is 9.76. The van der Waals surface area contributed by atoms with Gasteiger partial charge in [-0.1, -0.05) is 78.9 Å². The highest BCUT2D eigenvalue weighted by Crippen LogP contribution is 2.47. The number of alkyl halides is 6. The zero-order valence-corrected chi connectivity index (χ0v) is 30.6. The molecule has 0 unspecified atom stereocenters. The van der Waals surface area contributed by atoms with Gasteiger partial charge in [-0.05, 0) is 103 Å². The third kappa shape index (κ3) is 9.10. The van der Waals surface area contributed by atoms with Crippen molar-refractivity contribution in [3.8, 4) is 16.9 Å². The van der Waals surface area contributed by atoms with Crippen LogP contribution < -0.4 is 10.1 Å². The van der Waals surface area contributed by atoms with Crippen molar-refractivity contribution in [2.45, 2.75) is 62.8 Å². The molecule has 2 aliphatic rings. The number of carboxylic acids is 1. The Balaban J connectivity index is 1.22. The van der Waals surface area contributed by atoms with Crippen molar-refractivity contribution < 1.29 is 45.8 Å². The molecule has 0 aromatic heterocycles. The highest BCUT2D eigenvalue weighted by molar-refractivity contribution is 6.00. The Morgan fingerprint density at radius 3 is 2.09 bits per heavy atom. The number of hydrogen-bond acceptors (Lipinski definition) is 5. The van der Waals surface area contributed by atoms with Crippen LogP contribution in [0.1, 0.15) is 48.3 Å². The second kappa shape index (κ2) is 16.6. The molecule has 2 saturated heterocycles. The molecule has 2 fully saturated rings. The van der Waals surface area contributed by atoms with E-state index in [4.69, 9.17) is 4.74 Å². The van der Waals surface area contributed by atoms with E-state index >= 15 is 0 Å². The van der Waals surface area contributed by atoms with E-state index in [1.165, 1.54) is 5.56 Å². The Labute approximate surface area is 316 Å². The second-order valence-electron chi connectivity index (χ2n) is 14.6. The van der Waals surface area contributed by atoms with Crippen molar-refractivity contribution in [2.75, 3.05) is 46.4 Å². The first-order chi connectivity index (χ1) is 26.2. The predicted octanol–water partition coefficient (Wildman–Crippen LogP) is 8.26. The van der Waals surface area contributed by atoms with E-state index < -0.39 is 68.2 Å². The van der Waals surface area contributed by atoms with Gasteiger partial charge >= 0.3 is 18.3 Å². The number of fused-ring (bicyclic) bond motifs is 1. The summed E-state index contributed by atoms with van der Waals surface area (Å²) in [4.78, 5) is 29.2. The average molecular weight is 770 g/mol. The molecule has 4 aromatic rings. The van der Waals surface area contributed by atoms with Gasteiger partial charge in [0, 0.05) is 18.5 Å². The summed E-state index contributed by atoms with van der Waals surface area (Å²) in [7, 11) is 1.60. The van der Waals surface area contributed by atoms with E-state index in [1.54, 1.807) is 25.3 Å². The van der Waals surface area contributed by atoms with Crippen LogP contribution in [0.25, 0.3) is 21.9 Å². The number of nitrogens with one attached hydrogen (secondary N) is 1. The number of carbonyl (C=O) groups excluding carboxylic acids is 1. The van der Waals surface area contributed by atoms with E-state index in [9.17, 15) is 41.0 Å². The maximum Gasteiger partial charge on any atom is 0.403 e. The standard InChI is InChI=1S/C42H45F6N3O4/c1-55-36-15-6-10-30(18-23-50-21-16-29(17-22-50)28-8-3-2-4-9-28)37(36)34-14-7-12-32-31(11-5-13-33(32)34)26-35(38(52)53)49-39(54)40(42(46,47)48)19-24-51(25-20-40)27-41(43,44)45/h2-15,29,35H,16-27H2,1H3,(H,49,54)(H,52,53)/t35-/m0/s1. The minimum absolute atomic E-state index is 0.326. The molecule has 2 aliphatic heterocycles. The highest BCUT2D eigenvalue weighted by atomic mass is 19.4. The predicted molar refractivity (Wildman–Crippen MR) is 198 cm³/mol. The van der Waals surface area contributed by atoms with E-state index in [1.807, 2.05) is 36.4 Å². The summed E-state index contributed by atoms with van der Waals surface area (Å²) in [5, 5.41) is 13.7. The van der Waals surface area contributed by atoms with E-state index in [2.05, 4.69) is 40.5 Å². The van der Waals surface area contributed by atoms with Crippen LogP contribution in [0.2, 0.25) is 0 Å². The van der Waals surface area contributed by atoms with Gasteiger partial charge in [0.05, 0.1) is 13.7 Å². The summed E-state index contributed by atoms with van der Waals surface area (Å²) in [5.74, 6) is -1.89. The zero-order chi connectivity index (χ0) is 39.4. The Morgan fingerprint density at radius 2 is 1.45 bits per heavy atom. The molecule has 13 heteroatoms. The van der Waals surface area contributed by atoms with Crippen molar-refractivity contribution >= 4 is 22.6 Å². The molecule has 1 atom stereocenters. The maximum atomic E-state index is 14.5. The lowest BCUT2D eigenvalue weighted by Crippen LogP contribution is -2.59. The number of halogens is 6. The molecule has 0 aliphatic carbocycles. The van der Waals surface area contributed by atoms with E-state index in [0.717, 1.165) is 65.9 Å². The van der Waals surface area contributed by atoms with Crippen LogP contribution in [0.15, 0.2) is 84.9 Å². The van der Waals surface area contributed by atoms with Crippen molar-refractivity contribution in [1.29, 1.82) is 0 Å². The smallest absolute Gasteiger partial charge is 0.403 e. The van der Waals surface area contributed by atoms with Crippen LogP contribution in [0, 0.1) is 5.41 Å². The van der Waals surface area contributed by atoms with Crippen molar-refractivity contribution in [3.63, 3.8) is 0 Å². The van der Waals surface area contributed by atoms with Gasteiger partial charge in [-0.15, -0.1) is 0 Å². The van der Waals surface area contributed by atoms with Gasteiger partial charge < -0.3 is 20.1 Å².